The predicted molar refractivity (Wildman–Crippen MR) is 42.2 cm³/mol. The molecule has 0 unspecified atom stereocenters. The molecule has 0 aromatic heterocycles. The molecule has 0 aromatic carbocycles. The third-order valence-electron chi connectivity index (χ3n) is 1.14. The molecule has 2 N–H and O–H groups in total. The Morgan fingerprint density at radius 1 is 1.25 bits per heavy atom. The molecule has 0 heterocycles. The van der Waals surface area contributed by atoms with Gasteiger partial charge in [-0.05, 0) is 0 Å². The monoisotopic (exact) mass is 134 g/mol. The van der Waals surface area contributed by atoms with Crippen LogP contribution in [0.25, 0.3) is 0 Å². The molecule has 0 aliphatic rings. The lowest BCUT2D eigenvalue weighted by Gasteiger charge is -1.97. The second-order valence-corrected chi connectivity index (χ2v) is 5.90. The highest BCUT2D eigenvalue weighted by molar-refractivity contribution is 6.55. The fourth-order valence-corrected chi connectivity index (χ4v) is 1.84. The third-order valence-corrected chi connectivity index (χ3v) is 2.70. The van der Waals surface area contributed by atoms with E-state index in [1.54, 1.807) is 0 Å². The van der Waals surface area contributed by atoms with Crippen LogP contribution >= 0.6 is 0 Å². The van der Waals surface area contributed by atoms with Gasteiger partial charge in [-0.3, -0.25) is 0 Å². The number of hydrogen-bond donors (Lipinski definition) is 0. The van der Waals surface area contributed by atoms with Crippen molar-refractivity contribution in [2.75, 3.05) is 0 Å². The van der Waals surface area contributed by atoms with Gasteiger partial charge in [0.05, 0.1) is 0 Å². The van der Waals surface area contributed by atoms with Gasteiger partial charge in [0, 0.05) is 8.80 Å². The molecule has 0 spiro atoms. The van der Waals surface area contributed by atoms with Crippen molar-refractivity contribution >= 4 is 8.80 Å². The lowest BCUT2D eigenvalue weighted by Crippen LogP contribution is -1.96. The van der Waals surface area contributed by atoms with E-state index < -0.39 is 0 Å². The normalized spacial score (nSPS) is 9.00. The highest BCUT2D eigenvalue weighted by atomic mass is 28.3. The van der Waals surface area contributed by atoms with Crippen molar-refractivity contribution in [2.24, 2.45) is 0 Å². The van der Waals surface area contributed by atoms with Crippen LogP contribution in [0.1, 0.15) is 19.8 Å². The molecule has 52 valence electrons. The fraction of sp³-hybridized carbons (Fsp3) is 1.00. The molecule has 0 radical (unpaired) electrons. The third kappa shape index (κ3) is 9.49. The Bertz CT molecular complexity index is 37.5. The zero-order chi connectivity index (χ0) is 5.70. The number of hydrogen-bond acceptors (Lipinski definition) is 0. The van der Waals surface area contributed by atoms with Crippen molar-refractivity contribution in [1.82, 2.24) is 0 Å². The van der Waals surface area contributed by atoms with Gasteiger partial charge in [-0.15, -0.1) is 0 Å². The summed E-state index contributed by atoms with van der Waals surface area (Å²) in [6.45, 7) is 7.09. The molecule has 0 aromatic rings. The minimum absolute atomic E-state index is 0. The van der Waals surface area contributed by atoms with Crippen molar-refractivity contribution in [3.05, 3.63) is 0 Å². The molecule has 0 saturated carbocycles. The van der Waals surface area contributed by atoms with Crippen LogP contribution in [0.5, 0.6) is 0 Å². The predicted octanol–water partition coefficient (Wildman–Crippen LogP) is 1.45. The minimum Gasteiger partial charge on any atom is -0.412 e. The largest absolute Gasteiger partial charge is 0.412 e. The van der Waals surface area contributed by atoms with Crippen molar-refractivity contribution in [3.63, 3.8) is 0 Å². The first-order valence-corrected chi connectivity index (χ1v) is 6.40. The molecule has 0 atom stereocenters. The Hall–Kier alpha value is 0.177. The molecule has 0 rings (SSSR count). The van der Waals surface area contributed by atoms with Crippen LogP contribution in [0.4, 0.5) is 0 Å². The summed E-state index contributed by atoms with van der Waals surface area (Å²) in [5.41, 5.74) is 0. The Kier molecular flexibility index (Phi) is 9.90. The number of unbranched alkanes of at least 4 members (excludes halogenated alkanes) is 1. The Morgan fingerprint density at radius 2 is 1.75 bits per heavy atom. The SMILES string of the molecule is CCCC[SiH](C)C.O. The van der Waals surface area contributed by atoms with E-state index in [0.29, 0.717) is 0 Å². The molecular formula is C6H18OSi. The van der Waals surface area contributed by atoms with Gasteiger partial charge in [0.2, 0.25) is 0 Å². The van der Waals surface area contributed by atoms with Crippen molar-refractivity contribution in [2.45, 2.75) is 38.9 Å². The summed E-state index contributed by atoms with van der Waals surface area (Å²) in [7, 11) is -0.188. The molecule has 8 heavy (non-hydrogen) atoms. The van der Waals surface area contributed by atoms with Gasteiger partial charge < -0.3 is 5.48 Å². The molecule has 0 bridgehead atoms. The maximum atomic E-state index is 2.41. The van der Waals surface area contributed by atoms with E-state index in [1.165, 1.54) is 18.9 Å². The van der Waals surface area contributed by atoms with E-state index >= 15 is 0 Å². The molecule has 0 aliphatic heterocycles. The maximum Gasteiger partial charge on any atom is 0.0305 e. The lowest BCUT2D eigenvalue weighted by molar-refractivity contribution is 0.824. The summed E-state index contributed by atoms with van der Waals surface area (Å²) < 4.78 is 0. The van der Waals surface area contributed by atoms with Gasteiger partial charge >= 0.3 is 0 Å². The van der Waals surface area contributed by atoms with Crippen LogP contribution in [0.15, 0.2) is 0 Å². The molecule has 0 fully saturated rings. The highest BCUT2D eigenvalue weighted by Crippen LogP contribution is 1.98. The average molecular weight is 134 g/mol. The quantitative estimate of drug-likeness (QED) is 0.523. The van der Waals surface area contributed by atoms with Crippen LogP contribution in [-0.4, -0.2) is 14.3 Å². The van der Waals surface area contributed by atoms with Crippen molar-refractivity contribution in [3.8, 4) is 0 Å². The molecule has 0 aliphatic carbocycles. The summed E-state index contributed by atoms with van der Waals surface area (Å²) in [5.74, 6) is 0. The Morgan fingerprint density at radius 3 is 1.88 bits per heavy atom. The van der Waals surface area contributed by atoms with Gasteiger partial charge in [0.1, 0.15) is 0 Å². The lowest BCUT2D eigenvalue weighted by atomic mass is 10.4. The van der Waals surface area contributed by atoms with E-state index in [1.807, 2.05) is 0 Å². The van der Waals surface area contributed by atoms with E-state index in [2.05, 4.69) is 20.0 Å². The Balaban J connectivity index is 0. The van der Waals surface area contributed by atoms with E-state index in [9.17, 15) is 0 Å². The van der Waals surface area contributed by atoms with E-state index in [4.69, 9.17) is 0 Å². The molecule has 1 nitrogen and oxygen atoms in total. The van der Waals surface area contributed by atoms with Crippen molar-refractivity contribution < 1.29 is 5.48 Å². The number of rotatable bonds is 3. The molecule has 2 heteroatoms. The highest BCUT2D eigenvalue weighted by Gasteiger charge is 1.90. The topological polar surface area (TPSA) is 31.5 Å². The van der Waals surface area contributed by atoms with Crippen molar-refractivity contribution in [1.29, 1.82) is 0 Å². The Labute approximate surface area is 54.0 Å². The van der Waals surface area contributed by atoms with Gasteiger partial charge in [0.15, 0.2) is 0 Å². The maximum absolute atomic E-state index is 2.41. The van der Waals surface area contributed by atoms with Gasteiger partial charge in [-0.25, -0.2) is 0 Å². The van der Waals surface area contributed by atoms with Crippen LogP contribution in [0, 0.1) is 0 Å². The minimum atomic E-state index is -0.188. The first-order valence-electron chi connectivity index (χ1n) is 3.27. The summed E-state index contributed by atoms with van der Waals surface area (Å²) in [5, 5.41) is 0. The summed E-state index contributed by atoms with van der Waals surface area (Å²) >= 11 is 0. The smallest absolute Gasteiger partial charge is 0.0305 e. The fourth-order valence-electron chi connectivity index (χ4n) is 0.612. The zero-order valence-corrected chi connectivity index (χ0v) is 7.35. The molecule has 0 saturated heterocycles. The second-order valence-electron chi connectivity index (χ2n) is 2.54. The molecule has 0 amide bonds. The van der Waals surface area contributed by atoms with Gasteiger partial charge in [-0.2, -0.15) is 0 Å². The van der Waals surface area contributed by atoms with Gasteiger partial charge in [0.25, 0.3) is 0 Å². The zero-order valence-electron chi connectivity index (χ0n) is 6.20. The van der Waals surface area contributed by atoms with E-state index in [0.717, 1.165) is 0 Å². The molecular weight excluding hydrogens is 116 g/mol. The average Bonchev–Trinajstić information content (AvgIpc) is 1.61. The van der Waals surface area contributed by atoms with Crippen LogP contribution in [0.3, 0.4) is 0 Å². The van der Waals surface area contributed by atoms with E-state index in [-0.39, 0.29) is 14.3 Å². The summed E-state index contributed by atoms with van der Waals surface area (Å²) in [6, 6.07) is 1.54. The first kappa shape index (κ1) is 11.0. The summed E-state index contributed by atoms with van der Waals surface area (Å²) in [6.07, 6.45) is 2.84. The van der Waals surface area contributed by atoms with Crippen LogP contribution in [0.2, 0.25) is 19.1 Å². The standard InChI is InChI=1S/C6H16Si.H2O/c1-4-5-6-7(2)3;/h7H,4-6H2,1-3H3;1H2. The first-order chi connectivity index (χ1) is 3.27. The van der Waals surface area contributed by atoms with Crippen LogP contribution < -0.4 is 0 Å². The van der Waals surface area contributed by atoms with Crippen LogP contribution in [-0.2, 0) is 0 Å². The second kappa shape index (κ2) is 7.18. The summed E-state index contributed by atoms with van der Waals surface area (Å²) in [4.78, 5) is 0. The van der Waals surface area contributed by atoms with Gasteiger partial charge in [-0.1, -0.05) is 38.9 Å².